The summed E-state index contributed by atoms with van der Waals surface area (Å²) in [6, 6.07) is 7.25. The van der Waals surface area contributed by atoms with E-state index < -0.39 is 6.10 Å². The van der Waals surface area contributed by atoms with Crippen LogP contribution in [0.3, 0.4) is 0 Å². The maximum atomic E-state index is 11.7. The van der Waals surface area contributed by atoms with Gasteiger partial charge in [-0.25, -0.2) is 0 Å². The van der Waals surface area contributed by atoms with Crippen LogP contribution in [0.4, 0.5) is 0 Å². The van der Waals surface area contributed by atoms with Gasteiger partial charge in [-0.05, 0) is 12.5 Å². The fourth-order valence-electron chi connectivity index (χ4n) is 2.10. The van der Waals surface area contributed by atoms with Crippen molar-refractivity contribution >= 4 is 23.6 Å². The molecular weight excluding hydrogens is 250 g/mol. The van der Waals surface area contributed by atoms with Crippen molar-refractivity contribution in [3.8, 4) is 0 Å². The molecule has 2 atom stereocenters. The van der Waals surface area contributed by atoms with Crippen molar-refractivity contribution in [1.29, 1.82) is 0 Å². The normalized spacial score (nSPS) is 22.8. The van der Waals surface area contributed by atoms with E-state index in [1.807, 2.05) is 18.4 Å². The quantitative estimate of drug-likeness (QED) is 0.475. The average molecular weight is 265 g/mol. The number of nitrogens with zero attached hydrogens (tertiary/aromatic N) is 1. The molecule has 2 rings (SSSR count). The summed E-state index contributed by atoms with van der Waals surface area (Å²) in [7, 11) is 1.54. The third-order valence-electron chi connectivity index (χ3n) is 3.11. The third kappa shape index (κ3) is 2.04. The summed E-state index contributed by atoms with van der Waals surface area (Å²) in [6.07, 6.45) is 1.45. The molecule has 2 unspecified atom stereocenters. The van der Waals surface area contributed by atoms with Crippen LogP contribution >= 0.6 is 11.9 Å². The number of benzene rings is 1. The lowest BCUT2D eigenvalue weighted by Crippen LogP contribution is -2.55. The molecule has 5 heteroatoms. The van der Waals surface area contributed by atoms with Gasteiger partial charge in [0.1, 0.15) is 6.04 Å². The summed E-state index contributed by atoms with van der Waals surface area (Å²) in [6.45, 7) is 1.54. The maximum Gasteiger partial charge on any atom is 0.264 e. The predicted octanol–water partition coefficient (Wildman–Crippen LogP) is 2.07. The summed E-state index contributed by atoms with van der Waals surface area (Å²) in [4.78, 5) is 22.9. The van der Waals surface area contributed by atoms with Gasteiger partial charge in [0.2, 0.25) is 0 Å². The van der Waals surface area contributed by atoms with Crippen molar-refractivity contribution in [3.05, 3.63) is 35.4 Å². The number of hydrogen-bond acceptors (Lipinski definition) is 4. The van der Waals surface area contributed by atoms with Crippen LogP contribution in [-0.4, -0.2) is 35.5 Å². The highest BCUT2D eigenvalue weighted by Crippen LogP contribution is 2.40. The van der Waals surface area contributed by atoms with E-state index >= 15 is 0 Å². The lowest BCUT2D eigenvalue weighted by molar-refractivity contribution is -0.158. The van der Waals surface area contributed by atoms with E-state index in [1.54, 1.807) is 16.4 Å². The summed E-state index contributed by atoms with van der Waals surface area (Å²) in [5.41, 5.74) is 1.66. The van der Waals surface area contributed by atoms with Gasteiger partial charge in [0.05, 0.1) is 0 Å². The average Bonchev–Trinajstić information content (AvgIpc) is 2.37. The zero-order valence-electron chi connectivity index (χ0n) is 10.5. The van der Waals surface area contributed by atoms with Crippen molar-refractivity contribution in [3.63, 3.8) is 0 Å². The Morgan fingerprint density at radius 3 is 2.39 bits per heavy atom. The number of rotatable bonds is 4. The number of hydrogen-bond donors (Lipinski definition) is 0. The molecule has 96 valence electrons. The molecule has 1 aliphatic rings. The highest BCUT2D eigenvalue weighted by atomic mass is 32.2. The van der Waals surface area contributed by atoms with E-state index in [9.17, 15) is 9.59 Å². The number of ketones is 1. The number of carbonyl (C=O) groups is 2. The molecule has 18 heavy (non-hydrogen) atoms. The molecule has 1 fully saturated rings. The highest BCUT2D eigenvalue weighted by Gasteiger charge is 2.48. The van der Waals surface area contributed by atoms with Crippen LogP contribution < -0.4 is 0 Å². The Balaban J connectivity index is 2.24. The Morgan fingerprint density at radius 2 is 1.94 bits per heavy atom. The van der Waals surface area contributed by atoms with E-state index in [4.69, 9.17) is 4.74 Å². The van der Waals surface area contributed by atoms with Gasteiger partial charge < -0.3 is 4.74 Å². The van der Waals surface area contributed by atoms with E-state index in [0.29, 0.717) is 5.56 Å². The Morgan fingerprint density at radius 1 is 1.33 bits per heavy atom. The van der Waals surface area contributed by atoms with Gasteiger partial charge in [-0.15, -0.1) is 0 Å². The van der Waals surface area contributed by atoms with Crippen LogP contribution in [0.15, 0.2) is 24.3 Å². The predicted molar refractivity (Wildman–Crippen MR) is 70.3 cm³/mol. The van der Waals surface area contributed by atoms with Crippen LogP contribution in [-0.2, 0) is 9.53 Å². The standard InChI is InChI=1S/C13H15NO3S/c1-8(15)9-4-6-10(7-5-9)11-12(17-2)13(16)14(11)18-3/h4-7,11-12H,1-3H3. The fraction of sp³-hybridized carbons (Fsp3) is 0.385. The molecule has 4 nitrogen and oxygen atoms in total. The first kappa shape index (κ1) is 13.1. The Kier molecular flexibility index (Phi) is 3.73. The minimum atomic E-state index is -0.416. The van der Waals surface area contributed by atoms with Gasteiger partial charge in [-0.2, -0.15) is 0 Å². The van der Waals surface area contributed by atoms with Crippen molar-refractivity contribution < 1.29 is 14.3 Å². The number of Topliss-reactive ketones (excluding diaryl/α,β-unsaturated/α-hetero) is 1. The summed E-state index contributed by atoms with van der Waals surface area (Å²) < 4.78 is 6.90. The first-order valence-corrected chi connectivity index (χ1v) is 6.79. The van der Waals surface area contributed by atoms with Gasteiger partial charge in [0.15, 0.2) is 11.9 Å². The summed E-state index contributed by atoms with van der Waals surface area (Å²) >= 11 is 1.39. The number of β-lactam (4-membered cyclic amide) rings is 1. The monoisotopic (exact) mass is 265 g/mol. The van der Waals surface area contributed by atoms with Crippen LogP contribution in [0.25, 0.3) is 0 Å². The number of carbonyl (C=O) groups excluding carboxylic acids is 2. The summed E-state index contributed by atoms with van der Waals surface area (Å²) in [5.74, 6) is 0.0295. The number of ether oxygens (including phenoxy) is 1. The SMILES string of the molecule is COC1C(=O)N(SC)C1c1ccc(C(C)=O)cc1. The minimum Gasteiger partial charge on any atom is -0.369 e. The van der Waals surface area contributed by atoms with Gasteiger partial charge in [-0.3, -0.25) is 13.9 Å². The molecule has 1 amide bonds. The second-order valence-corrected chi connectivity index (χ2v) is 4.88. The topological polar surface area (TPSA) is 46.6 Å². The molecular formula is C13H15NO3S. The third-order valence-corrected chi connectivity index (χ3v) is 3.91. The number of amides is 1. The first-order chi connectivity index (χ1) is 8.60. The van der Waals surface area contributed by atoms with Crippen molar-refractivity contribution in [2.75, 3.05) is 13.4 Å². The van der Waals surface area contributed by atoms with E-state index in [1.165, 1.54) is 26.0 Å². The maximum absolute atomic E-state index is 11.7. The van der Waals surface area contributed by atoms with E-state index in [2.05, 4.69) is 0 Å². The second-order valence-electron chi connectivity index (χ2n) is 4.13. The Bertz CT molecular complexity index is 458. The summed E-state index contributed by atoms with van der Waals surface area (Å²) in [5, 5.41) is 0. The zero-order valence-corrected chi connectivity index (χ0v) is 11.4. The lowest BCUT2D eigenvalue weighted by atomic mass is 9.93. The Labute approximate surface area is 110 Å². The molecule has 0 bridgehead atoms. The molecule has 1 saturated heterocycles. The molecule has 1 aromatic carbocycles. The van der Waals surface area contributed by atoms with Gasteiger partial charge in [0, 0.05) is 18.9 Å². The molecule has 0 radical (unpaired) electrons. The minimum absolute atomic E-state index is 0.00866. The molecule has 0 saturated carbocycles. The van der Waals surface area contributed by atoms with Crippen LogP contribution in [0, 0.1) is 0 Å². The molecule has 1 heterocycles. The largest absolute Gasteiger partial charge is 0.369 e. The van der Waals surface area contributed by atoms with Gasteiger partial charge >= 0.3 is 0 Å². The smallest absolute Gasteiger partial charge is 0.264 e. The van der Waals surface area contributed by atoms with E-state index in [-0.39, 0.29) is 17.7 Å². The van der Waals surface area contributed by atoms with Crippen molar-refractivity contribution in [1.82, 2.24) is 4.31 Å². The molecule has 0 aliphatic carbocycles. The second kappa shape index (κ2) is 5.12. The van der Waals surface area contributed by atoms with Crippen LogP contribution in [0.2, 0.25) is 0 Å². The van der Waals surface area contributed by atoms with Crippen LogP contribution in [0.1, 0.15) is 28.9 Å². The molecule has 0 spiro atoms. The molecule has 1 aliphatic heterocycles. The highest BCUT2D eigenvalue weighted by molar-refractivity contribution is 7.96. The first-order valence-electron chi connectivity index (χ1n) is 5.61. The zero-order chi connectivity index (χ0) is 13.3. The molecule has 0 aromatic heterocycles. The van der Waals surface area contributed by atoms with Gasteiger partial charge in [-0.1, -0.05) is 36.2 Å². The van der Waals surface area contributed by atoms with Crippen molar-refractivity contribution in [2.24, 2.45) is 0 Å². The number of methoxy groups -OCH3 is 1. The molecule has 0 N–H and O–H groups in total. The fourth-order valence-corrected chi connectivity index (χ4v) is 2.84. The van der Waals surface area contributed by atoms with E-state index in [0.717, 1.165) is 5.56 Å². The van der Waals surface area contributed by atoms with Gasteiger partial charge in [0.25, 0.3) is 5.91 Å². The molecule has 1 aromatic rings. The Hall–Kier alpha value is -1.33. The van der Waals surface area contributed by atoms with Crippen molar-refractivity contribution in [2.45, 2.75) is 19.1 Å². The lowest BCUT2D eigenvalue weighted by Gasteiger charge is -2.44. The van der Waals surface area contributed by atoms with Crippen LogP contribution in [0.5, 0.6) is 0 Å².